The fraction of sp³-hybridized carbons (Fsp3) is 0.800. The second-order valence-corrected chi connectivity index (χ2v) is 2.97. The summed E-state index contributed by atoms with van der Waals surface area (Å²) >= 11 is 7.02. The molecule has 0 aromatic carbocycles. The summed E-state index contributed by atoms with van der Waals surface area (Å²) in [5.41, 5.74) is 0. The lowest BCUT2D eigenvalue weighted by Gasteiger charge is -1.88. The van der Waals surface area contributed by atoms with Crippen LogP contribution < -0.4 is 0 Å². The summed E-state index contributed by atoms with van der Waals surface area (Å²) in [6.07, 6.45) is 1.62. The first kappa shape index (κ1) is 8.13. The summed E-state index contributed by atoms with van der Waals surface area (Å²) in [5.74, 6) is 1.01. The van der Waals surface area contributed by atoms with Gasteiger partial charge in [0.05, 0.1) is 11.3 Å². The van der Waals surface area contributed by atoms with Crippen LogP contribution in [0.25, 0.3) is 0 Å². The Hall–Kier alpha value is 0.130. The van der Waals surface area contributed by atoms with Gasteiger partial charge in [-0.05, 0) is 12.2 Å². The van der Waals surface area contributed by atoms with Gasteiger partial charge in [0, 0.05) is 6.42 Å². The van der Waals surface area contributed by atoms with E-state index in [1.54, 1.807) is 11.8 Å². The van der Waals surface area contributed by atoms with Crippen LogP contribution >= 0.6 is 23.4 Å². The Kier molecular flexibility index (Phi) is 7.25. The maximum atomic E-state index is 8.07. The highest BCUT2D eigenvalue weighted by molar-refractivity contribution is 8.00. The van der Waals surface area contributed by atoms with Crippen LogP contribution in [0.2, 0.25) is 0 Å². The van der Waals surface area contributed by atoms with Crippen molar-refractivity contribution in [2.75, 3.05) is 11.0 Å². The highest BCUT2D eigenvalue weighted by Crippen LogP contribution is 2.04. The molecule has 0 aromatic rings. The van der Waals surface area contributed by atoms with E-state index in [1.807, 2.05) is 0 Å². The minimum Gasteiger partial charge on any atom is -0.198 e. The predicted molar refractivity (Wildman–Crippen MR) is 38.0 cm³/mol. The number of hydrogen-bond acceptors (Lipinski definition) is 2. The molecule has 8 heavy (non-hydrogen) atoms. The molecule has 0 bridgehead atoms. The number of unbranched alkanes of at least 4 members (excludes halogenated alkanes) is 1. The van der Waals surface area contributed by atoms with E-state index in [0.29, 0.717) is 11.6 Å². The Morgan fingerprint density at radius 1 is 1.62 bits per heavy atom. The third-order valence-corrected chi connectivity index (χ3v) is 1.85. The highest BCUT2D eigenvalue weighted by atomic mass is 35.5. The van der Waals surface area contributed by atoms with E-state index in [4.69, 9.17) is 16.9 Å². The number of halogens is 1. The van der Waals surface area contributed by atoms with Gasteiger partial charge in [-0.15, -0.1) is 23.4 Å². The van der Waals surface area contributed by atoms with E-state index in [9.17, 15) is 0 Å². The number of nitriles is 1. The molecule has 0 N–H and O–H groups in total. The van der Waals surface area contributed by atoms with Gasteiger partial charge in [-0.1, -0.05) is 0 Å². The van der Waals surface area contributed by atoms with Gasteiger partial charge in [0.2, 0.25) is 0 Å². The van der Waals surface area contributed by atoms with Crippen molar-refractivity contribution in [3.8, 4) is 6.07 Å². The molecule has 0 atom stereocenters. The molecule has 0 amide bonds. The Morgan fingerprint density at radius 3 is 2.88 bits per heavy atom. The number of alkyl halides is 1. The van der Waals surface area contributed by atoms with Crippen LogP contribution in [0.4, 0.5) is 0 Å². The van der Waals surface area contributed by atoms with Crippen LogP contribution in [0.1, 0.15) is 12.8 Å². The maximum Gasteiger partial charge on any atom is 0.0680 e. The standard InChI is InChI=1S/C5H8ClNS/c6-5-8-4-2-1-3-7/h1-2,4-5H2. The zero-order chi connectivity index (χ0) is 6.24. The van der Waals surface area contributed by atoms with Gasteiger partial charge in [0.15, 0.2) is 0 Å². The van der Waals surface area contributed by atoms with E-state index in [-0.39, 0.29) is 0 Å². The fourth-order valence-electron chi connectivity index (χ4n) is 0.308. The van der Waals surface area contributed by atoms with Crippen molar-refractivity contribution in [3.05, 3.63) is 0 Å². The zero-order valence-electron chi connectivity index (χ0n) is 4.56. The van der Waals surface area contributed by atoms with Crippen LogP contribution in [0, 0.1) is 11.3 Å². The molecule has 3 heteroatoms. The molecule has 0 heterocycles. The maximum absolute atomic E-state index is 8.07. The summed E-state index contributed by atoms with van der Waals surface area (Å²) in [7, 11) is 0. The number of nitrogens with zero attached hydrogens (tertiary/aromatic N) is 1. The van der Waals surface area contributed by atoms with Crippen molar-refractivity contribution in [2.24, 2.45) is 0 Å². The quantitative estimate of drug-likeness (QED) is 0.452. The molecular formula is C5H8ClNS. The SMILES string of the molecule is N#CCCCSCCl. The molecule has 0 radical (unpaired) electrons. The second-order valence-electron chi connectivity index (χ2n) is 1.28. The van der Waals surface area contributed by atoms with E-state index in [0.717, 1.165) is 12.2 Å². The van der Waals surface area contributed by atoms with Gasteiger partial charge < -0.3 is 0 Å². The predicted octanol–water partition coefficient (Wildman–Crippen LogP) is 2.22. The minimum absolute atomic E-state index is 0.644. The number of hydrogen-bond donors (Lipinski definition) is 0. The Balaban J connectivity index is 2.65. The van der Waals surface area contributed by atoms with Crippen LogP contribution in [0.3, 0.4) is 0 Å². The monoisotopic (exact) mass is 149 g/mol. The first-order chi connectivity index (χ1) is 3.91. The molecule has 0 aliphatic rings. The normalized spacial score (nSPS) is 8.50. The van der Waals surface area contributed by atoms with Crippen molar-refractivity contribution in [1.29, 1.82) is 5.26 Å². The molecule has 0 aliphatic heterocycles. The van der Waals surface area contributed by atoms with E-state index < -0.39 is 0 Å². The van der Waals surface area contributed by atoms with Crippen molar-refractivity contribution >= 4 is 23.4 Å². The smallest absolute Gasteiger partial charge is 0.0680 e. The molecule has 0 fully saturated rings. The fourth-order valence-corrected chi connectivity index (χ4v) is 1.09. The number of thioether (sulfide) groups is 1. The summed E-state index contributed by atoms with van der Waals surface area (Å²) in [6, 6.07) is 2.07. The summed E-state index contributed by atoms with van der Waals surface area (Å²) in [5, 5.41) is 8.72. The van der Waals surface area contributed by atoms with Crippen LogP contribution in [-0.2, 0) is 0 Å². The molecule has 0 aromatic heterocycles. The Morgan fingerprint density at radius 2 is 2.38 bits per heavy atom. The molecule has 0 unspecified atom stereocenters. The minimum atomic E-state index is 0.644. The third-order valence-electron chi connectivity index (χ3n) is 0.654. The lowest BCUT2D eigenvalue weighted by molar-refractivity contribution is 0.983. The number of rotatable bonds is 4. The van der Waals surface area contributed by atoms with E-state index in [1.165, 1.54) is 0 Å². The molecule has 1 nitrogen and oxygen atoms in total. The van der Waals surface area contributed by atoms with Gasteiger partial charge in [0.1, 0.15) is 0 Å². The summed E-state index contributed by atoms with van der Waals surface area (Å²) in [6.45, 7) is 0. The van der Waals surface area contributed by atoms with Crippen LogP contribution in [0.15, 0.2) is 0 Å². The van der Waals surface area contributed by atoms with Crippen molar-refractivity contribution in [3.63, 3.8) is 0 Å². The highest BCUT2D eigenvalue weighted by Gasteiger charge is 1.84. The lowest BCUT2D eigenvalue weighted by atomic mass is 10.4. The third kappa shape index (κ3) is 6.13. The van der Waals surface area contributed by atoms with Gasteiger partial charge >= 0.3 is 0 Å². The van der Waals surface area contributed by atoms with Crippen LogP contribution in [-0.4, -0.2) is 11.0 Å². The summed E-state index contributed by atoms with van der Waals surface area (Å²) < 4.78 is 0. The van der Waals surface area contributed by atoms with Crippen molar-refractivity contribution in [1.82, 2.24) is 0 Å². The molecular weight excluding hydrogens is 142 g/mol. The molecule has 0 saturated carbocycles. The molecule has 0 saturated heterocycles. The molecule has 46 valence electrons. The second kappa shape index (κ2) is 7.13. The van der Waals surface area contributed by atoms with Crippen molar-refractivity contribution in [2.45, 2.75) is 12.8 Å². The lowest BCUT2D eigenvalue weighted by Crippen LogP contribution is -1.76. The van der Waals surface area contributed by atoms with Gasteiger partial charge in [-0.3, -0.25) is 0 Å². The molecule has 0 spiro atoms. The molecule has 0 rings (SSSR count). The van der Waals surface area contributed by atoms with Crippen LogP contribution in [0.5, 0.6) is 0 Å². The molecule has 0 aliphatic carbocycles. The first-order valence-electron chi connectivity index (χ1n) is 2.42. The topological polar surface area (TPSA) is 23.8 Å². The van der Waals surface area contributed by atoms with E-state index >= 15 is 0 Å². The Bertz CT molecular complexity index is 79.0. The van der Waals surface area contributed by atoms with Gasteiger partial charge in [-0.2, -0.15) is 5.26 Å². The zero-order valence-corrected chi connectivity index (χ0v) is 6.13. The Labute approximate surface area is 59.0 Å². The van der Waals surface area contributed by atoms with Gasteiger partial charge in [-0.25, -0.2) is 0 Å². The van der Waals surface area contributed by atoms with Crippen molar-refractivity contribution < 1.29 is 0 Å². The first-order valence-corrected chi connectivity index (χ1v) is 4.11. The van der Waals surface area contributed by atoms with Gasteiger partial charge in [0.25, 0.3) is 0 Å². The average molecular weight is 150 g/mol. The summed E-state index contributed by atoms with van der Waals surface area (Å²) in [4.78, 5) is 0. The largest absolute Gasteiger partial charge is 0.198 e. The van der Waals surface area contributed by atoms with E-state index in [2.05, 4.69) is 6.07 Å². The average Bonchev–Trinajstić information content (AvgIpc) is 1.81.